The quantitative estimate of drug-likeness (QED) is 0.401. The van der Waals surface area contributed by atoms with Crippen molar-refractivity contribution in [3.63, 3.8) is 0 Å². The highest BCUT2D eigenvalue weighted by Crippen LogP contribution is 2.15. The fourth-order valence-electron chi connectivity index (χ4n) is 1.21. The summed E-state index contributed by atoms with van der Waals surface area (Å²) in [4.78, 5) is 22.2. The molecule has 0 spiro atoms. The number of carbonyl (C=O) groups is 2. The zero-order chi connectivity index (χ0) is 12.6. The van der Waals surface area contributed by atoms with Gasteiger partial charge in [-0.3, -0.25) is 4.79 Å². The minimum Gasteiger partial charge on any atom is -0.466 e. The number of nitriles is 1. The van der Waals surface area contributed by atoms with Crippen molar-refractivity contribution >= 4 is 11.9 Å². The summed E-state index contributed by atoms with van der Waals surface area (Å²) in [5.41, 5.74) is 0.0713. The molecule has 88 valence electrons. The molecule has 5 heteroatoms. The molecule has 0 amide bonds. The molecule has 0 N–H and O–H groups in total. The zero-order valence-electron chi connectivity index (χ0n) is 9.65. The van der Waals surface area contributed by atoms with Crippen LogP contribution in [0.2, 0.25) is 0 Å². The molecule has 0 rings (SSSR count). The Kier molecular flexibility index (Phi) is 6.61. The van der Waals surface area contributed by atoms with E-state index in [2.05, 4.69) is 4.74 Å². The molecule has 0 heterocycles. The van der Waals surface area contributed by atoms with E-state index in [0.29, 0.717) is 6.42 Å². The molecule has 1 unspecified atom stereocenters. The van der Waals surface area contributed by atoms with Crippen LogP contribution in [-0.2, 0) is 19.1 Å². The first-order valence-corrected chi connectivity index (χ1v) is 4.92. The number of esters is 2. The fourth-order valence-corrected chi connectivity index (χ4v) is 1.21. The highest BCUT2D eigenvalue weighted by molar-refractivity contribution is 5.90. The van der Waals surface area contributed by atoms with Crippen molar-refractivity contribution in [2.24, 2.45) is 0 Å². The van der Waals surface area contributed by atoms with Crippen LogP contribution in [0.15, 0.2) is 11.6 Å². The second-order valence-corrected chi connectivity index (χ2v) is 3.11. The summed E-state index contributed by atoms with van der Waals surface area (Å²) >= 11 is 0. The van der Waals surface area contributed by atoms with Crippen LogP contribution in [0.3, 0.4) is 0 Å². The van der Waals surface area contributed by atoms with Gasteiger partial charge < -0.3 is 9.47 Å². The zero-order valence-corrected chi connectivity index (χ0v) is 9.65. The molecule has 0 aromatic heterocycles. The van der Waals surface area contributed by atoms with E-state index in [1.165, 1.54) is 14.0 Å². The number of allylic oxidation sites excluding steroid dienone is 1. The molecule has 5 nitrogen and oxygen atoms in total. The van der Waals surface area contributed by atoms with Crippen LogP contribution in [0.1, 0.15) is 26.7 Å². The van der Waals surface area contributed by atoms with Crippen LogP contribution < -0.4 is 0 Å². The Morgan fingerprint density at radius 2 is 2.12 bits per heavy atom. The van der Waals surface area contributed by atoms with Crippen molar-refractivity contribution in [3.8, 4) is 6.07 Å². The van der Waals surface area contributed by atoms with E-state index in [1.807, 2.05) is 6.92 Å². The van der Waals surface area contributed by atoms with Crippen LogP contribution in [0, 0.1) is 11.3 Å². The number of hydrogen-bond donors (Lipinski definition) is 0. The van der Waals surface area contributed by atoms with E-state index >= 15 is 0 Å². The lowest BCUT2D eigenvalue weighted by Crippen LogP contribution is -2.24. The standard InChI is InChI=1S/C11H15NO4/c1-4-5-10(16-8(2)13)9(6-7-12)11(14)15-3/h6,10H,4-5H2,1-3H3/b9-6-. The smallest absolute Gasteiger partial charge is 0.338 e. The van der Waals surface area contributed by atoms with E-state index in [1.54, 1.807) is 6.07 Å². The van der Waals surface area contributed by atoms with Gasteiger partial charge in [0.1, 0.15) is 6.10 Å². The second kappa shape index (κ2) is 7.46. The van der Waals surface area contributed by atoms with Gasteiger partial charge in [0.2, 0.25) is 0 Å². The van der Waals surface area contributed by atoms with Crippen LogP contribution in [-0.4, -0.2) is 25.2 Å². The molecule has 0 aliphatic heterocycles. The number of nitrogens with zero attached hydrogens (tertiary/aromatic N) is 1. The molecule has 0 aliphatic rings. The van der Waals surface area contributed by atoms with Gasteiger partial charge in [-0.2, -0.15) is 5.26 Å². The van der Waals surface area contributed by atoms with Gasteiger partial charge in [0.25, 0.3) is 0 Å². The Bertz CT molecular complexity index is 327. The Morgan fingerprint density at radius 3 is 2.50 bits per heavy atom. The Labute approximate surface area is 94.6 Å². The summed E-state index contributed by atoms with van der Waals surface area (Å²) in [6, 6.07) is 1.74. The van der Waals surface area contributed by atoms with Crippen molar-refractivity contribution in [1.29, 1.82) is 5.26 Å². The normalized spacial score (nSPS) is 12.5. The molecule has 1 atom stereocenters. The van der Waals surface area contributed by atoms with Crippen molar-refractivity contribution in [3.05, 3.63) is 11.6 Å². The Balaban J connectivity index is 4.95. The van der Waals surface area contributed by atoms with Gasteiger partial charge in [0.15, 0.2) is 0 Å². The van der Waals surface area contributed by atoms with Gasteiger partial charge in [0, 0.05) is 13.0 Å². The van der Waals surface area contributed by atoms with Gasteiger partial charge in [-0.05, 0) is 6.42 Å². The fraction of sp³-hybridized carbons (Fsp3) is 0.545. The molecule has 16 heavy (non-hydrogen) atoms. The molecule has 0 saturated heterocycles. The molecular weight excluding hydrogens is 210 g/mol. The van der Waals surface area contributed by atoms with E-state index in [9.17, 15) is 9.59 Å². The largest absolute Gasteiger partial charge is 0.466 e. The van der Waals surface area contributed by atoms with E-state index in [4.69, 9.17) is 10.00 Å². The highest BCUT2D eigenvalue weighted by Gasteiger charge is 2.23. The molecule has 0 bridgehead atoms. The summed E-state index contributed by atoms with van der Waals surface area (Å²) in [7, 11) is 1.21. The van der Waals surface area contributed by atoms with Gasteiger partial charge in [0.05, 0.1) is 18.8 Å². The topological polar surface area (TPSA) is 76.4 Å². The maximum Gasteiger partial charge on any atom is 0.338 e. The third-order valence-electron chi connectivity index (χ3n) is 1.85. The third-order valence-corrected chi connectivity index (χ3v) is 1.85. The summed E-state index contributed by atoms with van der Waals surface area (Å²) < 4.78 is 9.49. The monoisotopic (exact) mass is 225 g/mol. The number of rotatable bonds is 5. The predicted molar refractivity (Wildman–Crippen MR) is 56.2 cm³/mol. The first kappa shape index (κ1) is 14.2. The molecule has 0 fully saturated rings. The molecular formula is C11H15NO4. The lowest BCUT2D eigenvalue weighted by atomic mass is 10.1. The van der Waals surface area contributed by atoms with Gasteiger partial charge >= 0.3 is 11.9 Å². The molecule has 0 saturated carbocycles. The van der Waals surface area contributed by atoms with Crippen molar-refractivity contribution in [1.82, 2.24) is 0 Å². The molecule has 0 aliphatic carbocycles. The minimum absolute atomic E-state index is 0.0713. The number of ether oxygens (including phenoxy) is 2. The average Bonchev–Trinajstić information content (AvgIpc) is 2.23. The second-order valence-electron chi connectivity index (χ2n) is 3.11. The number of hydrogen-bond acceptors (Lipinski definition) is 5. The van der Waals surface area contributed by atoms with Crippen molar-refractivity contribution in [2.75, 3.05) is 7.11 Å². The molecule has 0 radical (unpaired) electrons. The maximum atomic E-state index is 11.4. The SMILES string of the molecule is CCCC(OC(C)=O)/C(=C/C#N)C(=O)OC. The van der Waals surface area contributed by atoms with Crippen molar-refractivity contribution < 1.29 is 19.1 Å². The van der Waals surface area contributed by atoms with Gasteiger partial charge in [-0.25, -0.2) is 4.79 Å². The summed E-state index contributed by atoms with van der Waals surface area (Å²) in [6.07, 6.45) is 1.53. The summed E-state index contributed by atoms with van der Waals surface area (Å²) in [5.74, 6) is -1.15. The number of methoxy groups -OCH3 is 1. The summed E-state index contributed by atoms with van der Waals surface area (Å²) in [5, 5.41) is 8.56. The third kappa shape index (κ3) is 4.60. The maximum absolute atomic E-state index is 11.4. The van der Waals surface area contributed by atoms with E-state index in [-0.39, 0.29) is 5.57 Å². The lowest BCUT2D eigenvalue weighted by Gasteiger charge is -2.17. The van der Waals surface area contributed by atoms with Gasteiger partial charge in [-0.15, -0.1) is 0 Å². The van der Waals surface area contributed by atoms with Crippen LogP contribution >= 0.6 is 0 Å². The highest BCUT2D eigenvalue weighted by atomic mass is 16.6. The summed E-state index contributed by atoms with van der Waals surface area (Å²) in [6.45, 7) is 3.14. The minimum atomic E-state index is -0.713. The first-order valence-electron chi connectivity index (χ1n) is 4.92. The van der Waals surface area contributed by atoms with E-state index < -0.39 is 18.0 Å². The Morgan fingerprint density at radius 1 is 1.50 bits per heavy atom. The van der Waals surface area contributed by atoms with Gasteiger partial charge in [-0.1, -0.05) is 13.3 Å². The number of carbonyl (C=O) groups excluding carboxylic acids is 2. The van der Waals surface area contributed by atoms with Crippen LogP contribution in [0.5, 0.6) is 0 Å². The van der Waals surface area contributed by atoms with Crippen LogP contribution in [0.4, 0.5) is 0 Å². The van der Waals surface area contributed by atoms with Crippen LogP contribution in [0.25, 0.3) is 0 Å². The predicted octanol–water partition coefficient (Wildman–Crippen LogP) is 1.34. The first-order chi connectivity index (χ1) is 7.56. The Hall–Kier alpha value is -1.83. The van der Waals surface area contributed by atoms with Crippen molar-refractivity contribution in [2.45, 2.75) is 32.8 Å². The van der Waals surface area contributed by atoms with E-state index in [0.717, 1.165) is 12.5 Å². The molecule has 0 aromatic rings. The lowest BCUT2D eigenvalue weighted by molar-refractivity contribution is -0.147. The average molecular weight is 225 g/mol. The molecule has 0 aromatic carbocycles.